The topological polar surface area (TPSA) is 26.3 Å². The van der Waals surface area contributed by atoms with Crippen LogP contribution in [-0.2, 0) is 16.0 Å². The first-order valence-electron chi connectivity index (χ1n) is 4.40. The van der Waals surface area contributed by atoms with E-state index in [2.05, 4.69) is 11.3 Å². The molecule has 5 heteroatoms. The highest BCUT2D eigenvalue weighted by atomic mass is 19.4. The number of hydrogen-bond acceptors (Lipinski definition) is 2. The maximum atomic E-state index is 11.7. The Kier molecular flexibility index (Phi) is 3.71. The van der Waals surface area contributed by atoms with Crippen molar-refractivity contribution < 1.29 is 22.7 Å². The number of hydrogen-bond donors (Lipinski definition) is 0. The van der Waals surface area contributed by atoms with E-state index in [9.17, 15) is 18.0 Å². The molecule has 0 saturated carbocycles. The van der Waals surface area contributed by atoms with Crippen molar-refractivity contribution in [1.82, 2.24) is 0 Å². The lowest BCUT2D eigenvalue weighted by atomic mass is 10.1. The third kappa shape index (κ3) is 4.16. The second kappa shape index (κ2) is 4.83. The van der Waals surface area contributed by atoms with Crippen molar-refractivity contribution in [3.8, 4) is 0 Å². The number of rotatable bonds is 3. The van der Waals surface area contributed by atoms with Crippen LogP contribution in [0.2, 0.25) is 0 Å². The van der Waals surface area contributed by atoms with Crippen LogP contribution in [0.5, 0.6) is 0 Å². The number of halogens is 3. The maximum absolute atomic E-state index is 11.7. The monoisotopic (exact) mass is 230 g/mol. The number of esters is 1. The summed E-state index contributed by atoms with van der Waals surface area (Å²) in [7, 11) is 0. The van der Waals surface area contributed by atoms with Gasteiger partial charge in [-0.1, -0.05) is 36.9 Å². The molecule has 86 valence electrons. The molecule has 0 aliphatic rings. The van der Waals surface area contributed by atoms with Crippen molar-refractivity contribution in [2.75, 3.05) is 0 Å². The van der Waals surface area contributed by atoms with Gasteiger partial charge in [0, 0.05) is 0 Å². The zero-order valence-corrected chi connectivity index (χ0v) is 8.25. The van der Waals surface area contributed by atoms with Gasteiger partial charge in [0.15, 0.2) is 0 Å². The summed E-state index contributed by atoms with van der Waals surface area (Å²) in [5.74, 6) is -1.32. The van der Waals surface area contributed by atoms with Crippen LogP contribution in [0, 0.1) is 0 Å². The number of ether oxygens (including phenoxy) is 1. The first-order chi connectivity index (χ1) is 7.40. The van der Waals surface area contributed by atoms with Gasteiger partial charge in [0.1, 0.15) is 0 Å². The Morgan fingerprint density at radius 3 is 2.31 bits per heavy atom. The largest absolute Gasteiger partial charge is 0.575 e. The summed E-state index contributed by atoms with van der Waals surface area (Å²) in [4.78, 5) is 10.8. The van der Waals surface area contributed by atoms with E-state index in [-0.39, 0.29) is 0 Å². The molecule has 0 bridgehead atoms. The minimum absolute atomic E-state index is 0.406. The Labute approximate surface area is 90.3 Å². The predicted octanol–water partition coefficient (Wildman–Crippen LogP) is 2.94. The molecule has 2 nitrogen and oxygen atoms in total. The van der Waals surface area contributed by atoms with Gasteiger partial charge in [-0.15, -0.1) is 13.2 Å². The van der Waals surface area contributed by atoms with Gasteiger partial charge < -0.3 is 4.74 Å². The molecular weight excluding hydrogens is 221 g/mol. The lowest BCUT2D eigenvalue weighted by Gasteiger charge is -2.07. The molecule has 0 fully saturated rings. The van der Waals surface area contributed by atoms with Crippen LogP contribution >= 0.6 is 0 Å². The zero-order valence-electron chi connectivity index (χ0n) is 8.25. The lowest BCUT2D eigenvalue weighted by Crippen LogP contribution is -2.20. The number of carbonyl (C=O) groups excluding carboxylic acids is 1. The Morgan fingerprint density at radius 1 is 1.31 bits per heavy atom. The van der Waals surface area contributed by atoms with Crippen molar-refractivity contribution in [3.05, 3.63) is 42.0 Å². The molecule has 0 amide bonds. The van der Waals surface area contributed by atoms with Crippen molar-refractivity contribution in [1.29, 1.82) is 0 Å². The molecule has 0 unspecified atom stereocenters. The quantitative estimate of drug-likeness (QED) is 0.746. The van der Waals surface area contributed by atoms with E-state index in [1.165, 1.54) is 0 Å². The molecule has 0 N–H and O–H groups in total. The van der Waals surface area contributed by atoms with E-state index in [1.54, 1.807) is 30.3 Å². The molecule has 0 atom stereocenters. The highest BCUT2D eigenvalue weighted by Crippen LogP contribution is 2.17. The second-order valence-electron chi connectivity index (χ2n) is 3.04. The molecular formula is C11H9F3O2. The summed E-state index contributed by atoms with van der Waals surface area (Å²) in [6.45, 7) is 3.53. The molecule has 1 rings (SSSR count). The second-order valence-corrected chi connectivity index (χ2v) is 3.04. The van der Waals surface area contributed by atoms with Gasteiger partial charge in [-0.25, -0.2) is 0 Å². The van der Waals surface area contributed by atoms with E-state index in [0.29, 0.717) is 5.56 Å². The molecule has 0 aliphatic heterocycles. The third-order valence-corrected chi connectivity index (χ3v) is 1.79. The van der Waals surface area contributed by atoms with Crippen LogP contribution in [-0.4, -0.2) is 12.3 Å². The van der Waals surface area contributed by atoms with E-state index in [4.69, 9.17) is 0 Å². The SMILES string of the molecule is C=Cc1ccc(CC(=O)OC(F)(F)F)cc1. The third-order valence-electron chi connectivity index (χ3n) is 1.79. The molecule has 0 radical (unpaired) electrons. The van der Waals surface area contributed by atoms with E-state index >= 15 is 0 Å². The number of alkyl halides is 3. The van der Waals surface area contributed by atoms with Crippen LogP contribution in [0.1, 0.15) is 11.1 Å². The van der Waals surface area contributed by atoms with Crippen molar-refractivity contribution in [2.45, 2.75) is 12.8 Å². The first kappa shape index (κ1) is 12.3. The van der Waals surface area contributed by atoms with Crippen LogP contribution in [0.25, 0.3) is 6.08 Å². The fraction of sp³-hybridized carbons (Fsp3) is 0.182. The molecule has 1 aromatic carbocycles. The standard InChI is InChI=1S/C11H9F3O2/c1-2-8-3-5-9(6-4-8)7-10(15)16-11(12,13)14/h2-6H,1,7H2. The molecule has 0 heterocycles. The van der Waals surface area contributed by atoms with Gasteiger partial charge in [-0.2, -0.15) is 0 Å². The van der Waals surface area contributed by atoms with E-state index < -0.39 is 18.8 Å². The molecule has 0 aliphatic carbocycles. The van der Waals surface area contributed by atoms with Gasteiger partial charge in [0.05, 0.1) is 6.42 Å². The maximum Gasteiger partial charge on any atom is 0.575 e. The highest BCUT2D eigenvalue weighted by molar-refractivity contribution is 5.72. The molecule has 0 aromatic heterocycles. The fourth-order valence-electron chi connectivity index (χ4n) is 1.10. The van der Waals surface area contributed by atoms with E-state index in [0.717, 1.165) is 5.56 Å². The summed E-state index contributed by atoms with van der Waals surface area (Å²) in [6.07, 6.45) is -3.73. The van der Waals surface area contributed by atoms with Crippen molar-refractivity contribution in [3.63, 3.8) is 0 Å². The van der Waals surface area contributed by atoms with Crippen LogP contribution in [0.4, 0.5) is 13.2 Å². The number of carbonyl (C=O) groups is 1. The predicted molar refractivity (Wildman–Crippen MR) is 52.4 cm³/mol. The first-order valence-corrected chi connectivity index (χ1v) is 4.40. The van der Waals surface area contributed by atoms with Crippen molar-refractivity contribution in [2.24, 2.45) is 0 Å². The summed E-state index contributed by atoms with van der Waals surface area (Å²) in [5.41, 5.74) is 1.28. The Balaban J connectivity index is 2.59. The van der Waals surface area contributed by atoms with Gasteiger partial charge >= 0.3 is 12.3 Å². The highest BCUT2D eigenvalue weighted by Gasteiger charge is 2.33. The minimum atomic E-state index is -4.92. The molecule has 1 aromatic rings. The van der Waals surface area contributed by atoms with Gasteiger partial charge in [-0.05, 0) is 11.1 Å². The molecule has 16 heavy (non-hydrogen) atoms. The minimum Gasteiger partial charge on any atom is -0.373 e. The van der Waals surface area contributed by atoms with Crippen LogP contribution < -0.4 is 0 Å². The average molecular weight is 230 g/mol. The summed E-state index contributed by atoms with van der Waals surface area (Å²) in [5, 5.41) is 0. The molecule has 0 spiro atoms. The lowest BCUT2D eigenvalue weighted by molar-refractivity contribution is -0.305. The summed E-state index contributed by atoms with van der Waals surface area (Å²) < 4.78 is 38.3. The van der Waals surface area contributed by atoms with Crippen LogP contribution in [0.3, 0.4) is 0 Å². The van der Waals surface area contributed by atoms with E-state index in [1.807, 2.05) is 0 Å². The summed E-state index contributed by atoms with van der Waals surface area (Å²) in [6, 6.07) is 6.41. The Morgan fingerprint density at radius 2 is 1.88 bits per heavy atom. The van der Waals surface area contributed by atoms with Crippen molar-refractivity contribution >= 4 is 12.0 Å². The van der Waals surface area contributed by atoms with Crippen LogP contribution in [0.15, 0.2) is 30.8 Å². The smallest absolute Gasteiger partial charge is 0.373 e. The Hall–Kier alpha value is -1.78. The van der Waals surface area contributed by atoms with Gasteiger partial charge in [-0.3, -0.25) is 4.79 Å². The zero-order chi connectivity index (χ0) is 12.2. The summed E-state index contributed by atoms with van der Waals surface area (Å²) >= 11 is 0. The fourth-order valence-corrected chi connectivity index (χ4v) is 1.10. The van der Waals surface area contributed by atoms with Gasteiger partial charge in [0.25, 0.3) is 0 Å². The van der Waals surface area contributed by atoms with Gasteiger partial charge in [0.2, 0.25) is 0 Å². The number of benzene rings is 1. The Bertz CT molecular complexity index is 379. The molecule has 0 saturated heterocycles. The normalized spacial score (nSPS) is 10.9. The average Bonchev–Trinajstić information content (AvgIpc) is 2.16.